The number of benzene rings is 1. The molecule has 1 aromatic rings. The summed E-state index contributed by atoms with van der Waals surface area (Å²) < 4.78 is 0. The lowest BCUT2D eigenvalue weighted by Gasteiger charge is -2.39. The number of carbonyl (C=O) groups is 1. The van der Waals surface area contributed by atoms with Crippen LogP contribution in [0.5, 0.6) is 0 Å². The van der Waals surface area contributed by atoms with Crippen molar-refractivity contribution in [3.05, 3.63) is 34.9 Å². The number of aryl methyl sites for hydroxylation is 2. The number of amides is 1. The van der Waals surface area contributed by atoms with Gasteiger partial charge in [-0.15, -0.1) is 0 Å². The number of rotatable bonds is 4. The van der Waals surface area contributed by atoms with E-state index in [-0.39, 0.29) is 18.0 Å². The second-order valence-corrected chi connectivity index (χ2v) is 5.89. The predicted molar refractivity (Wildman–Crippen MR) is 86.4 cm³/mol. The highest BCUT2D eigenvalue weighted by atomic mass is 16.2. The summed E-state index contributed by atoms with van der Waals surface area (Å²) in [5.41, 5.74) is 3.89. The third-order valence-electron chi connectivity index (χ3n) is 4.32. The quantitative estimate of drug-likeness (QED) is 0.888. The minimum Gasteiger partial charge on any atom is -0.355 e. The average Bonchev–Trinajstić information content (AvgIpc) is 2.49. The van der Waals surface area contributed by atoms with Gasteiger partial charge in [0.2, 0.25) is 5.91 Å². The Morgan fingerprint density at radius 2 is 2.24 bits per heavy atom. The largest absolute Gasteiger partial charge is 0.355 e. The minimum absolute atomic E-state index is 0.0892. The summed E-state index contributed by atoms with van der Waals surface area (Å²) in [6, 6.07) is 6.72. The van der Waals surface area contributed by atoms with Gasteiger partial charge in [0, 0.05) is 32.2 Å². The monoisotopic (exact) mass is 289 g/mol. The van der Waals surface area contributed by atoms with Crippen molar-refractivity contribution in [3.63, 3.8) is 0 Å². The smallest absolute Gasteiger partial charge is 0.238 e. The van der Waals surface area contributed by atoms with E-state index >= 15 is 0 Å². The van der Waals surface area contributed by atoms with Crippen LogP contribution in [-0.2, 0) is 4.79 Å². The molecular weight excluding hydrogens is 262 g/mol. The van der Waals surface area contributed by atoms with Gasteiger partial charge in [-0.25, -0.2) is 0 Å². The number of likely N-dealkylation sites (N-methyl/N-ethyl adjacent to an activating group) is 1. The van der Waals surface area contributed by atoms with Gasteiger partial charge < -0.3 is 10.6 Å². The Hall–Kier alpha value is -1.39. The van der Waals surface area contributed by atoms with Crippen LogP contribution in [0.15, 0.2) is 18.2 Å². The molecule has 0 spiro atoms. The molecule has 21 heavy (non-hydrogen) atoms. The van der Waals surface area contributed by atoms with Crippen LogP contribution in [0.4, 0.5) is 0 Å². The van der Waals surface area contributed by atoms with Gasteiger partial charge in [0.25, 0.3) is 0 Å². The minimum atomic E-state index is -0.0892. The van der Waals surface area contributed by atoms with Crippen molar-refractivity contribution in [3.8, 4) is 0 Å². The van der Waals surface area contributed by atoms with Gasteiger partial charge in [0.15, 0.2) is 0 Å². The lowest BCUT2D eigenvalue weighted by atomic mass is 9.97. The molecule has 0 aromatic heterocycles. The van der Waals surface area contributed by atoms with Gasteiger partial charge in [-0.2, -0.15) is 0 Å². The van der Waals surface area contributed by atoms with E-state index in [4.69, 9.17) is 0 Å². The maximum atomic E-state index is 12.3. The molecule has 1 aliphatic heterocycles. The predicted octanol–water partition coefficient (Wildman–Crippen LogP) is 1.77. The summed E-state index contributed by atoms with van der Waals surface area (Å²) in [6.07, 6.45) is 0. The summed E-state index contributed by atoms with van der Waals surface area (Å²) in [7, 11) is 0. The zero-order chi connectivity index (χ0) is 15.4. The van der Waals surface area contributed by atoms with E-state index in [1.807, 2.05) is 6.92 Å². The number of hydrogen-bond acceptors (Lipinski definition) is 3. The topological polar surface area (TPSA) is 44.4 Å². The zero-order valence-electron chi connectivity index (χ0n) is 13.6. The maximum absolute atomic E-state index is 12.3. The first-order valence-corrected chi connectivity index (χ1v) is 7.86. The Bertz CT molecular complexity index is 501. The Balaban J connectivity index is 2.23. The summed E-state index contributed by atoms with van der Waals surface area (Å²) in [5.74, 6) is 0.127. The second kappa shape index (κ2) is 7.05. The Kier molecular flexibility index (Phi) is 5.37. The molecule has 0 aliphatic carbocycles. The molecule has 1 fully saturated rings. The first kappa shape index (κ1) is 16.0. The van der Waals surface area contributed by atoms with Crippen LogP contribution in [0.3, 0.4) is 0 Å². The number of piperazine rings is 1. The van der Waals surface area contributed by atoms with Gasteiger partial charge in [-0.3, -0.25) is 9.69 Å². The van der Waals surface area contributed by atoms with E-state index in [9.17, 15) is 4.79 Å². The van der Waals surface area contributed by atoms with Gasteiger partial charge in [0.05, 0.1) is 0 Å². The normalized spacial score (nSPS) is 21.0. The highest BCUT2D eigenvalue weighted by Crippen LogP contribution is 2.27. The first-order valence-electron chi connectivity index (χ1n) is 7.86. The Morgan fingerprint density at radius 1 is 1.48 bits per heavy atom. The van der Waals surface area contributed by atoms with Crippen molar-refractivity contribution in [2.75, 3.05) is 26.2 Å². The zero-order valence-corrected chi connectivity index (χ0v) is 13.6. The Labute approximate surface area is 127 Å². The summed E-state index contributed by atoms with van der Waals surface area (Å²) in [4.78, 5) is 14.6. The summed E-state index contributed by atoms with van der Waals surface area (Å²) in [5, 5.41) is 6.29. The standard InChI is InChI=1S/C17H27N3O/c1-5-19-17(21)16-11-18-8-9-20(16)14(4)15-10-12(2)6-7-13(15)3/h6-7,10,14,16,18H,5,8-9,11H2,1-4H3,(H,19,21). The van der Waals surface area contributed by atoms with Crippen LogP contribution < -0.4 is 10.6 Å². The summed E-state index contributed by atoms with van der Waals surface area (Å²) >= 11 is 0. The van der Waals surface area contributed by atoms with E-state index in [1.54, 1.807) is 0 Å². The molecule has 1 aromatic carbocycles. The molecule has 2 rings (SSSR count). The number of nitrogens with one attached hydrogen (secondary N) is 2. The van der Waals surface area contributed by atoms with Crippen molar-refractivity contribution in [1.82, 2.24) is 15.5 Å². The van der Waals surface area contributed by atoms with Crippen molar-refractivity contribution < 1.29 is 4.79 Å². The fraction of sp³-hybridized carbons (Fsp3) is 0.588. The van der Waals surface area contributed by atoms with E-state index in [0.29, 0.717) is 6.54 Å². The van der Waals surface area contributed by atoms with Crippen molar-refractivity contribution in [2.45, 2.75) is 39.8 Å². The molecule has 1 saturated heterocycles. The molecule has 2 unspecified atom stereocenters. The van der Waals surface area contributed by atoms with Crippen LogP contribution in [0, 0.1) is 13.8 Å². The number of hydrogen-bond donors (Lipinski definition) is 2. The molecule has 1 aliphatic rings. The molecular formula is C17H27N3O. The SMILES string of the molecule is CCNC(=O)C1CNCCN1C(C)c1cc(C)ccc1C. The van der Waals surface area contributed by atoms with Crippen LogP contribution in [0.1, 0.15) is 36.6 Å². The molecule has 1 heterocycles. The molecule has 2 N–H and O–H groups in total. The molecule has 0 radical (unpaired) electrons. The van der Waals surface area contributed by atoms with Crippen LogP contribution in [-0.4, -0.2) is 43.0 Å². The van der Waals surface area contributed by atoms with Crippen molar-refractivity contribution >= 4 is 5.91 Å². The van der Waals surface area contributed by atoms with Crippen molar-refractivity contribution in [2.24, 2.45) is 0 Å². The second-order valence-electron chi connectivity index (χ2n) is 5.89. The molecule has 116 valence electrons. The molecule has 4 nitrogen and oxygen atoms in total. The third kappa shape index (κ3) is 3.63. The molecule has 0 saturated carbocycles. The maximum Gasteiger partial charge on any atom is 0.238 e. The lowest BCUT2D eigenvalue weighted by molar-refractivity contribution is -0.128. The van der Waals surface area contributed by atoms with E-state index in [0.717, 1.165) is 19.6 Å². The summed E-state index contributed by atoms with van der Waals surface area (Å²) in [6.45, 7) is 11.7. The highest BCUT2D eigenvalue weighted by Gasteiger charge is 2.32. The van der Waals surface area contributed by atoms with Crippen LogP contribution in [0.25, 0.3) is 0 Å². The van der Waals surface area contributed by atoms with Gasteiger partial charge in [-0.05, 0) is 38.8 Å². The average molecular weight is 289 g/mol. The van der Waals surface area contributed by atoms with Crippen LogP contribution in [0.2, 0.25) is 0 Å². The highest BCUT2D eigenvalue weighted by molar-refractivity contribution is 5.82. The third-order valence-corrected chi connectivity index (χ3v) is 4.32. The van der Waals surface area contributed by atoms with Crippen LogP contribution >= 0.6 is 0 Å². The Morgan fingerprint density at radius 3 is 2.95 bits per heavy atom. The lowest BCUT2D eigenvalue weighted by Crippen LogP contribution is -2.58. The molecule has 4 heteroatoms. The van der Waals surface area contributed by atoms with Gasteiger partial charge in [0.1, 0.15) is 6.04 Å². The fourth-order valence-corrected chi connectivity index (χ4v) is 3.11. The number of nitrogens with zero attached hydrogens (tertiary/aromatic N) is 1. The molecule has 1 amide bonds. The van der Waals surface area contributed by atoms with Gasteiger partial charge >= 0.3 is 0 Å². The van der Waals surface area contributed by atoms with E-state index in [1.165, 1.54) is 16.7 Å². The van der Waals surface area contributed by atoms with E-state index < -0.39 is 0 Å². The van der Waals surface area contributed by atoms with E-state index in [2.05, 4.69) is 54.5 Å². The first-order chi connectivity index (χ1) is 10.0. The van der Waals surface area contributed by atoms with Crippen molar-refractivity contribution in [1.29, 1.82) is 0 Å². The number of carbonyl (C=O) groups excluding carboxylic acids is 1. The van der Waals surface area contributed by atoms with Gasteiger partial charge in [-0.1, -0.05) is 23.8 Å². The molecule has 0 bridgehead atoms. The molecule has 2 atom stereocenters. The fourth-order valence-electron chi connectivity index (χ4n) is 3.11.